The van der Waals surface area contributed by atoms with Gasteiger partial charge in [0.2, 0.25) is 5.88 Å². The summed E-state index contributed by atoms with van der Waals surface area (Å²) in [7, 11) is 1.59. The van der Waals surface area contributed by atoms with Gasteiger partial charge < -0.3 is 4.74 Å². The van der Waals surface area contributed by atoms with Crippen LogP contribution in [0.3, 0.4) is 0 Å². The average Bonchev–Trinajstić information content (AvgIpc) is 2.40. The zero-order chi connectivity index (χ0) is 12.1. The van der Waals surface area contributed by atoms with Crippen LogP contribution in [-0.4, -0.2) is 12.1 Å². The van der Waals surface area contributed by atoms with Crippen molar-refractivity contribution in [1.82, 2.24) is 4.98 Å². The SMILES string of the molecule is COc1nc(CC#N)ccc1-c1ccccc1. The maximum absolute atomic E-state index is 8.64. The summed E-state index contributed by atoms with van der Waals surface area (Å²) >= 11 is 0. The first-order valence-electron chi connectivity index (χ1n) is 5.31. The van der Waals surface area contributed by atoms with E-state index in [1.807, 2.05) is 42.5 Å². The van der Waals surface area contributed by atoms with Crippen LogP contribution < -0.4 is 4.74 Å². The van der Waals surface area contributed by atoms with E-state index in [2.05, 4.69) is 11.1 Å². The van der Waals surface area contributed by atoms with Crippen LogP contribution in [0, 0.1) is 11.3 Å². The summed E-state index contributed by atoms with van der Waals surface area (Å²) in [5, 5.41) is 8.64. The Labute approximate surface area is 100 Å². The molecule has 1 heterocycles. The van der Waals surface area contributed by atoms with Crippen LogP contribution in [-0.2, 0) is 6.42 Å². The van der Waals surface area contributed by atoms with Gasteiger partial charge in [0.1, 0.15) is 0 Å². The van der Waals surface area contributed by atoms with E-state index in [1.54, 1.807) is 7.11 Å². The molecule has 0 unspecified atom stereocenters. The Balaban J connectivity index is 2.45. The van der Waals surface area contributed by atoms with Gasteiger partial charge in [-0.2, -0.15) is 5.26 Å². The zero-order valence-electron chi connectivity index (χ0n) is 9.55. The van der Waals surface area contributed by atoms with Gasteiger partial charge >= 0.3 is 0 Å². The number of methoxy groups -OCH3 is 1. The fourth-order valence-electron chi connectivity index (χ4n) is 1.65. The highest BCUT2D eigenvalue weighted by Crippen LogP contribution is 2.28. The van der Waals surface area contributed by atoms with Crippen molar-refractivity contribution >= 4 is 0 Å². The molecule has 3 heteroatoms. The predicted molar refractivity (Wildman–Crippen MR) is 65.5 cm³/mol. The second kappa shape index (κ2) is 5.13. The molecule has 84 valence electrons. The number of aromatic nitrogens is 1. The van der Waals surface area contributed by atoms with Crippen molar-refractivity contribution in [2.24, 2.45) is 0 Å². The largest absolute Gasteiger partial charge is 0.481 e. The Morgan fingerprint density at radius 3 is 2.59 bits per heavy atom. The van der Waals surface area contributed by atoms with Crippen molar-refractivity contribution in [1.29, 1.82) is 5.26 Å². The minimum absolute atomic E-state index is 0.297. The van der Waals surface area contributed by atoms with Crippen molar-refractivity contribution in [3.63, 3.8) is 0 Å². The van der Waals surface area contributed by atoms with E-state index in [-0.39, 0.29) is 0 Å². The summed E-state index contributed by atoms with van der Waals surface area (Å²) in [5.74, 6) is 0.559. The van der Waals surface area contributed by atoms with Gasteiger partial charge in [0.25, 0.3) is 0 Å². The highest BCUT2D eigenvalue weighted by atomic mass is 16.5. The van der Waals surface area contributed by atoms with Gasteiger partial charge in [-0.05, 0) is 17.7 Å². The summed E-state index contributed by atoms with van der Waals surface area (Å²) in [6.45, 7) is 0. The predicted octanol–water partition coefficient (Wildman–Crippen LogP) is 2.82. The van der Waals surface area contributed by atoms with E-state index < -0.39 is 0 Å². The molecule has 0 N–H and O–H groups in total. The third-order valence-corrected chi connectivity index (χ3v) is 2.46. The van der Waals surface area contributed by atoms with E-state index in [0.29, 0.717) is 12.3 Å². The molecule has 0 saturated carbocycles. The molecule has 0 fully saturated rings. The lowest BCUT2D eigenvalue weighted by atomic mass is 10.1. The molecule has 1 aromatic heterocycles. The third kappa shape index (κ3) is 2.43. The van der Waals surface area contributed by atoms with Crippen molar-refractivity contribution in [2.45, 2.75) is 6.42 Å². The summed E-state index contributed by atoms with van der Waals surface area (Å²) in [6, 6.07) is 15.8. The smallest absolute Gasteiger partial charge is 0.221 e. The van der Waals surface area contributed by atoms with Gasteiger partial charge in [-0.3, -0.25) is 0 Å². The number of pyridine rings is 1. The van der Waals surface area contributed by atoms with Gasteiger partial charge in [-0.1, -0.05) is 30.3 Å². The monoisotopic (exact) mass is 224 g/mol. The van der Waals surface area contributed by atoms with Gasteiger partial charge in [0.05, 0.1) is 25.3 Å². The highest BCUT2D eigenvalue weighted by molar-refractivity contribution is 5.68. The molecule has 2 rings (SSSR count). The molecule has 0 aliphatic rings. The van der Waals surface area contributed by atoms with E-state index >= 15 is 0 Å². The molecular formula is C14H12N2O. The first-order valence-corrected chi connectivity index (χ1v) is 5.31. The first-order chi connectivity index (χ1) is 8.35. The highest BCUT2D eigenvalue weighted by Gasteiger charge is 2.07. The first kappa shape index (κ1) is 11.2. The van der Waals surface area contributed by atoms with Crippen LogP contribution in [0.5, 0.6) is 5.88 Å². The number of hydrogen-bond acceptors (Lipinski definition) is 3. The van der Waals surface area contributed by atoms with E-state index in [4.69, 9.17) is 10.00 Å². The average molecular weight is 224 g/mol. The summed E-state index contributed by atoms with van der Waals surface area (Å²) in [5.41, 5.74) is 2.72. The minimum Gasteiger partial charge on any atom is -0.481 e. The van der Waals surface area contributed by atoms with Gasteiger partial charge in [0.15, 0.2) is 0 Å². The molecule has 0 bridgehead atoms. The molecule has 0 spiro atoms. The number of benzene rings is 1. The topological polar surface area (TPSA) is 45.9 Å². The van der Waals surface area contributed by atoms with Gasteiger partial charge in [-0.15, -0.1) is 0 Å². The Morgan fingerprint density at radius 2 is 1.94 bits per heavy atom. The molecule has 0 aliphatic heterocycles. The van der Waals surface area contributed by atoms with Crippen LogP contribution in [0.2, 0.25) is 0 Å². The Morgan fingerprint density at radius 1 is 1.18 bits per heavy atom. The molecule has 3 nitrogen and oxygen atoms in total. The fourth-order valence-corrected chi connectivity index (χ4v) is 1.65. The number of nitrogens with zero attached hydrogens (tertiary/aromatic N) is 2. The Hall–Kier alpha value is -2.34. The van der Waals surface area contributed by atoms with Crippen LogP contribution >= 0.6 is 0 Å². The maximum atomic E-state index is 8.64. The second-order valence-electron chi connectivity index (χ2n) is 3.56. The molecule has 0 aliphatic carbocycles. The van der Waals surface area contributed by atoms with Crippen molar-refractivity contribution in [2.75, 3.05) is 7.11 Å². The summed E-state index contributed by atoms with van der Waals surface area (Å²) in [4.78, 5) is 4.31. The van der Waals surface area contributed by atoms with Crippen LogP contribution in [0.15, 0.2) is 42.5 Å². The lowest BCUT2D eigenvalue weighted by Crippen LogP contribution is -1.95. The van der Waals surface area contributed by atoms with Crippen molar-refractivity contribution in [3.05, 3.63) is 48.2 Å². The molecule has 1 aromatic carbocycles. The molecule has 17 heavy (non-hydrogen) atoms. The standard InChI is InChI=1S/C14H12N2O/c1-17-14-13(11-5-3-2-4-6-11)8-7-12(16-14)9-10-15/h2-8H,9H2,1H3. The van der Waals surface area contributed by atoms with Gasteiger partial charge in [-0.25, -0.2) is 4.98 Å². The molecular weight excluding hydrogens is 212 g/mol. The van der Waals surface area contributed by atoms with E-state index in [9.17, 15) is 0 Å². The van der Waals surface area contributed by atoms with Crippen molar-refractivity contribution in [3.8, 4) is 23.1 Å². The van der Waals surface area contributed by atoms with Crippen molar-refractivity contribution < 1.29 is 4.74 Å². The number of nitriles is 1. The quantitative estimate of drug-likeness (QED) is 0.805. The lowest BCUT2D eigenvalue weighted by Gasteiger charge is -2.08. The molecule has 0 atom stereocenters. The third-order valence-electron chi connectivity index (χ3n) is 2.46. The summed E-state index contributed by atoms with van der Waals surface area (Å²) in [6.07, 6.45) is 0.297. The zero-order valence-corrected chi connectivity index (χ0v) is 9.55. The number of rotatable bonds is 3. The Bertz CT molecular complexity index is 544. The molecule has 0 amide bonds. The molecule has 2 aromatic rings. The fraction of sp³-hybridized carbons (Fsp3) is 0.143. The number of ether oxygens (including phenoxy) is 1. The Kier molecular flexibility index (Phi) is 3.37. The number of hydrogen-bond donors (Lipinski definition) is 0. The molecule has 0 radical (unpaired) electrons. The van der Waals surface area contributed by atoms with E-state index in [1.165, 1.54) is 0 Å². The van der Waals surface area contributed by atoms with Gasteiger partial charge in [0, 0.05) is 5.56 Å². The van der Waals surface area contributed by atoms with Crippen LogP contribution in [0.25, 0.3) is 11.1 Å². The molecule has 0 saturated heterocycles. The van der Waals surface area contributed by atoms with E-state index in [0.717, 1.165) is 16.8 Å². The minimum atomic E-state index is 0.297. The normalized spacial score (nSPS) is 9.65. The van der Waals surface area contributed by atoms with Crippen LogP contribution in [0.4, 0.5) is 0 Å². The second-order valence-corrected chi connectivity index (χ2v) is 3.56. The lowest BCUT2D eigenvalue weighted by molar-refractivity contribution is 0.398. The maximum Gasteiger partial charge on any atom is 0.221 e. The summed E-state index contributed by atoms with van der Waals surface area (Å²) < 4.78 is 5.27. The van der Waals surface area contributed by atoms with Crippen LogP contribution in [0.1, 0.15) is 5.69 Å².